The van der Waals surface area contributed by atoms with Crippen molar-refractivity contribution >= 4 is 34.6 Å². The largest absolute Gasteiger partial charge is 0.394 e. The van der Waals surface area contributed by atoms with Gasteiger partial charge in [0.1, 0.15) is 0 Å². The molecule has 1 fully saturated rings. The zero-order valence-corrected chi connectivity index (χ0v) is 19.3. The minimum atomic E-state index is -0.182. The summed E-state index contributed by atoms with van der Waals surface area (Å²) in [6.45, 7) is 9.21. The second-order valence-electron chi connectivity index (χ2n) is 7.94. The van der Waals surface area contributed by atoms with Gasteiger partial charge in [-0.3, -0.25) is 4.90 Å². The summed E-state index contributed by atoms with van der Waals surface area (Å²) >= 11 is 12.7. The summed E-state index contributed by atoms with van der Waals surface area (Å²) in [5, 5.41) is 20.7. The van der Waals surface area contributed by atoms with Gasteiger partial charge in [-0.15, -0.1) is 0 Å². The lowest BCUT2D eigenvalue weighted by Gasteiger charge is -2.46. The molecule has 1 aliphatic heterocycles. The Morgan fingerprint density at radius 2 is 1.79 bits per heavy atom. The molecule has 3 aromatic rings. The SMILES string of the molecule is [C-]#[N+]c1ccc([C@@H](CO)N2CCN(c3ccc(C#N)cc3Cl)[C@H](c3ccc(Cl)cc3)C2)cc1. The molecule has 33 heavy (non-hydrogen) atoms. The van der Waals surface area contributed by atoms with E-state index in [0.717, 1.165) is 23.4 Å². The number of hydrogen-bond acceptors (Lipinski definition) is 4. The molecule has 0 amide bonds. The van der Waals surface area contributed by atoms with Gasteiger partial charge in [-0.1, -0.05) is 59.6 Å². The van der Waals surface area contributed by atoms with E-state index in [1.54, 1.807) is 24.3 Å². The number of benzene rings is 3. The van der Waals surface area contributed by atoms with Crippen molar-refractivity contribution < 1.29 is 5.11 Å². The van der Waals surface area contributed by atoms with Crippen LogP contribution in [0.15, 0.2) is 66.7 Å². The molecule has 7 heteroatoms. The van der Waals surface area contributed by atoms with Crippen molar-refractivity contribution in [2.75, 3.05) is 31.1 Å². The van der Waals surface area contributed by atoms with Crippen LogP contribution in [-0.4, -0.2) is 36.2 Å². The number of aliphatic hydroxyl groups is 1. The monoisotopic (exact) mass is 476 g/mol. The normalized spacial score (nSPS) is 17.2. The minimum Gasteiger partial charge on any atom is -0.394 e. The Labute approximate surface area is 203 Å². The van der Waals surface area contributed by atoms with E-state index in [0.29, 0.717) is 34.4 Å². The lowest BCUT2D eigenvalue weighted by molar-refractivity contribution is 0.103. The van der Waals surface area contributed by atoms with E-state index in [4.69, 9.17) is 29.8 Å². The molecule has 1 saturated heterocycles. The number of halogens is 2. The summed E-state index contributed by atoms with van der Waals surface area (Å²) in [7, 11) is 0. The highest BCUT2D eigenvalue weighted by Crippen LogP contribution is 2.38. The molecule has 5 nitrogen and oxygen atoms in total. The highest BCUT2D eigenvalue weighted by Gasteiger charge is 2.33. The van der Waals surface area contributed by atoms with Crippen LogP contribution in [0, 0.1) is 17.9 Å². The van der Waals surface area contributed by atoms with Gasteiger partial charge < -0.3 is 10.0 Å². The van der Waals surface area contributed by atoms with Gasteiger partial charge in [-0.25, -0.2) is 4.85 Å². The molecule has 0 spiro atoms. The molecular weight excluding hydrogens is 455 g/mol. The van der Waals surface area contributed by atoms with Crippen molar-refractivity contribution in [3.05, 3.63) is 105 Å². The average Bonchev–Trinajstić information content (AvgIpc) is 2.85. The Kier molecular flexibility index (Phi) is 7.18. The number of rotatable bonds is 5. The molecule has 4 rings (SSSR count). The van der Waals surface area contributed by atoms with Crippen LogP contribution in [-0.2, 0) is 0 Å². The Morgan fingerprint density at radius 3 is 2.39 bits per heavy atom. The van der Waals surface area contributed by atoms with Crippen LogP contribution in [0.1, 0.15) is 28.8 Å². The van der Waals surface area contributed by atoms with Crippen LogP contribution in [0.25, 0.3) is 4.85 Å². The number of nitrogens with zero attached hydrogens (tertiary/aromatic N) is 4. The summed E-state index contributed by atoms with van der Waals surface area (Å²) in [5.74, 6) is 0. The third-order valence-corrected chi connectivity index (χ3v) is 6.63. The maximum Gasteiger partial charge on any atom is 0.187 e. The second kappa shape index (κ2) is 10.3. The number of hydrogen-bond donors (Lipinski definition) is 1. The van der Waals surface area contributed by atoms with E-state index < -0.39 is 0 Å². The summed E-state index contributed by atoms with van der Waals surface area (Å²) in [6, 6.07) is 22.5. The van der Waals surface area contributed by atoms with Crippen molar-refractivity contribution in [2.24, 2.45) is 0 Å². The standard InChI is InChI=1S/C26H22Cl2N4O/c1-30-22-9-5-20(6-10-22)26(17-33)31-12-13-32(24-11-2-18(15-29)14-23(24)28)25(16-31)19-3-7-21(27)8-4-19/h2-11,14,25-26,33H,12-13,16-17H2/t25-,26+/m0/s1. The van der Waals surface area contributed by atoms with Gasteiger partial charge in [0.25, 0.3) is 0 Å². The molecule has 3 aromatic carbocycles. The van der Waals surface area contributed by atoms with Gasteiger partial charge in [0, 0.05) is 24.7 Å². The Bertz CT molecular complexity index is 1200. The van der Waals surface area contributed by atoms with Crippen molar-refractivity contribution in [3.63, 3.8) is 0 Å². The molecule has 0 aromatic heterocycles. The molecule has 1 aliphatic rings. The van der Waals surface area contributed by atoms with Crippen LogP contribution in [0.4, 0.5) is 11.4 Å². The van der Waals surface area contributed by atoms with E-state index in [9.17, 15) is 10.4 Å². The topological polar surface area (TPSA) is 54.9 Å². The molecule has 0 aliphatic carbocycles. The molecule has 0 unspecified atom stereocenters. The highest BCUT2D eigenvalue weighted by atomic mass is 35.5. The van der Waals surface area contributed by atoms with E-state index in [1.165, 1.54) is 0 Å². The fourth-order valence-electron chi connectivity index (χ4n) is 4.36. The Balaban J connectivity index is 1.68. The van der Waals surface area contributed by atoms with Crippen LogP contribution in [0.2, 0.25) is 10.0 Å². The van der Waals surface area contributed by atoms with Crippen molar-refractivity contribution in [2.45, 2.75) is 12.1 Å². The Hall–Kier alpha value is -3.06. The maximum absolute atomic E-state index is 10.3. The molecule has 1 N–H and O–H groups in total. The molecule has 1 heterocycles. The third-order valence-electron chi connectivity index (χ3n) is 6.07. The predicted octanol–water partition coefficient (Wildman–Crippen LogP) is 6.01. The smallest absolute Gasteiger partial charge is 0.187 e. The molecule has 0 bridgehead atoms. The molecule has 2 atom stereocenters. The fraction of sp³-hybridized carbons (Fsp3) is 0.231. The van der Waals surface area contributed by atoms with Crippen molar-refractivity contribution in [1.82, 2.24) is 4.90 Å². The predicted molar refractivity (Wildman–Crippen MR) is 132 cm³/mol. The van der Waals surface area contributed by atoms with E-state index in [-0.39, 0.29) is 18.7 Å². The first-order valence-corrected chi connectivity index (χ1v) is 11.3. The lowest BCUT2D eigenvalue weighted by Crippen LogP contribution is -2.50. The second-order valence-corrected chi connectivity index (χ2v) is 8.78. The van der Waals surface area contributed by atoms with E-state index in [1.807, 2.05) is 42.5 Å². The Morgan fingerprint density at radius 1 is 1.06 bits per heavy atom. The van der Waals surface area contributed by atoms with Gasteiger partial charge in [0.2, 0.25) is 0 Å². The average molecular weight is 477 g/mol. The lowest BCUT2D eigenvalue weighted by atomic mass is 9.98. The first-order chi connectivity index (χ1) is 16.0. The van der Waals surface area contributed by atoms with Crippen LogP contribution >= 0.6 is 23.2 Å². The minimum absolute atomic E-state index is 0.0255. The van der Waals surface area contributed by atoms with Crippen LogP contribution in [0.3, 0.4) is 0 Å². The number of nitriles is 1. The molecule has 166 valence electrons. The van der Waals surface area contributed by atoms with Crippen molar-refractivity contribution in [1.29, 1.82) is 5.26 Å². The fourth-order valence-corrected chi connectivity index (χ4v) is 4.77. The van der Waals surface area contributed by atoms with E-state index in [2.05, 4.69) is 20.7 Å². The summed E-state index contributed by atoms with van der Waals surface area (Å²) < 4.78 is 0. The third kappa shape index (κ3) is 4.98. The van der Waals surface area contributed by atoms with Gasteiger partial charge in [0.05, 0.1) is 47.6 Å². The molecule has 0 radical (unpaired) electrons. The maximum atomic E-state index is 10.3. The van der Waals surface area contributed by atoms with Gasteiger partial charge in [0.15, 0.2) is 5.69 Å². The summed E-state index contributed by atoms with van der Waals surface area (Å²) in [5.41, 5.74) is 4.04. The first kappa shape index (κ1) is 23.1. The summed E-state index contributed by atoms with van der Waals surface area (Å²) in [4.78, 5) is 7.97. The number of aliphatic hydroxyl groups excluding tert-OH is 1. The number of piperazine rings is 1. The zero-order chi connectivity index (χ0) is 23.4. The van der Waals surface area contributed by atoms with Gasteiger partial charge >= 0.3 is 0 Å². The first-order valence-electron chi connectivity index (χ1n) is 10.6. The number of anilines is 1. The van der Waals surface area contributed by atoms with Gasteiger partial charge in [-0.05, 0) is 41.5 Å². The highest BCUT2D eigenvalue weighted by molar-refractivity contribution is 6.33. The molecular formula is C26H22Cl2N4O. The van der Waals surface area contributed by atoms with Crippen LogP contribution in [0.5, 0.6) is 0 Å². The quantitative estimate of drug-likeness (QED) is 0.457. The van der Waals surface area contributed by atoms with Crippen molar-refractivity contribution in [3.8, 4) is 6.07 Å². The van der Waals surface area contributed by atoms with E-state index >= 15 is 0 Å². The zero-order valence-electron chi connectivity index (χ0n) is 17.8. The van der Waals surface area contributed by atoms with Crippen LogP contribution < -0.4 is 4.90 Å². The summed E-state index contributed by atoms with van der Waals surface area (Å²) in [6.07, 6.45) is 0. The molecule has 0 saturated carbocycles. The van der Waals surface area contributed by atoms with Gasteiger partial charge in [-0.2, -0.15) is 5.26 Å².